The molecule has 4 N–H and O–H groups in total. The summed E-state index contributed by atoms with van der Waals surface area (Å²) in [4.78, 5) is 11.8. The fraction of sp³-hybridized carbons (Fsp3) is 0.467. The fourth-order valence-corrected chi connectivity index (χ4v) is 2.49. The molecule has 1 aromatic carbocycles. The highest BCUT2D eigenvalue weighted by Crippen LogP contribution is 2.23. The second kappa shape index (κ2) is 6.97. The molecule has 1 aromatic rings. The van der Waals surface area contributed by atoms with Crippen molar-refractivity contribution in [2.45, 2.75) is 45.1 Å². The van der Waals surface area contributed by atoms with E-state index in [1.54, 1.807) is 13.0 Å². The molecule has 0 unspecified atom stereocenters. The molecule has 1 aliphatic carbocycles. The molecule has 0 heterocycles. The average Bonchev–Trinajstić information content (AvgIpc) is 2.46. The molecule has 114 valence electrons. The van der Waals surface area contributed by atoms with E-state index in [0.29, 0.717) is 11.3 Å². The largest absolute Gasteiger partial charge is 0.508 e. The molecule has 1 fully saturated rings. The van der Waals surface area contributed by atoms with Gasteiger partial charge in [0.2, 0.25) is 0 Å². The molecule has 1 saturated carbocycles. The zero-order chi connectivity index (χ0) is 15.2. The van der Waals surface area contributed by atoms with Crippen molar-refractivity contribution < 1.29 is 15.0 Å². The lowest BCUT2D eigenvalue weighted by Crippen LogP contribution is -2.41. The van der Waals surface area contributed by atoms with E-state index in [1.165, 1.54) is 18.6 Å². The molecule has 0 radical (unpaired) electrons. The zero-order valence-corrected chi connectivity index (χ0v) is 12.1. The Balaban J connectivity index is 1.91. The van der Waals surface area contributed by atoms with Gasteiger partial charge in [-0.1, -0.05) is 19.3 Å². The molecule has 6 nitrogen and oxygen atoms in total. The number of nitrogens with zero attached hydrogens (tertiary/aromatic N) is 1. The number of carbonyl (C=O) groups is 1. The van der Waals surface area contributed by atoms with Crippen LogP contribution in [0.5, 0.6) is 11.5 Å². The average molecular weight is 291 g/mol. The van der Waals surface area contributed by atoms with Crippen LogP contribution in [-0.2, 0) is 0 Å². The smallest absolute Gasteiger partial charge is 0.335 e. The first-order valence-electron chi connectivity index (χ1n) is 7.19. The summed E-state index contributed by atoms with van der Waals surface area (Å²) in [5, 5.41) is 25.8. The molecule has 2 amide bonds. The predicted molar refractivity (Wildman–Crippen MR) is 80.5 cm³/mol. The Morgan fingerprint density at radius 2 is 1.95 bits per heavy atom. The molecular weight excluding hydrogens is 270 g/mol. The van der Waals surface area contributed by atoms with Crippen molar-refractivity contribution in [1.29, 1.82) is 0 Å². The number of hydrogen-bond acceptors (Lipinski definition) is 4. The molecule has 2 rings (SSSR count). The molecule has 6 heteroatoms. The summed E-state index contributed by atoms with van der Waals surface area (Å²) in [5.74, 6) is -0.0993. The number of carbonyl (C=O) groups excluding carboxylic acids is 1. The van der Waals surface area contributed by atoms with Gasteiger partial charge < -0.3 is 15.5 Å². The Kier molecular flexibility index (Phi) is 5.03. The van der Waals surface area contributed by atoms with Gasteiger partial charge in [-0.3, -0.25) is 0 Å². The fourth-order valence-electron chi connectivity index (χ4n) is 2.49. The highest BCUT2D eigenvalue weighted by atomic mass is 16.3. The molecule has 1 aliphatic rings. The molecule has 0 aliphatic heterocycles. The molecule has 0 spiro atoms. The minimum atomic E-state index is -0.334. The summed E-state index contributed by atoms with van der Waals surface area (Å²) >= 11 is 0. The lowest BCUT2D eigenvalue weighted by atomic mass is 9.96. The number of amides is 2. The van der Waals surface area contributed by atoms with Crippen molar-refractivity contribution >= 4 is 11.7 Å². The summed E-state index contributed by atoms with van der Waals surface area (Å²) in [6.07, 6.45) is 5.55. The maximum Gasteiger partial charge on any atom is 0.335 e. The number of phenolic OH excluding ortho intramolecular Hbond substituents is 2. The highest BCUT2D eigenvalue weighted by Gasteiger charge is 2.15. The van der Waals surface area contributed by atoms with Crippen molar-refractivity contribution in [2.75, 3.05) is 0 Å². The van der Waals surface area contributed by atoms with Crippen LogP contribution in [0.25, 0.3) is 0 Å². The summed E-state index contributed by atoms with van der Waals surface area (Å²) < 4.78 is 0. The van der Waals surface area contributed by atoms with E-state index in [2.05, 4.69) is 15.8 Å². The van der Waals surface area contributed by atoms with Gasteiger partial charge in [-0.25, -0.2) is 10.2 Å². The second-order valence-electron chi connectivity index (χ2n) is 5.32. The van der Waals surface area contributed by atoms with Gasteiger partial charge in [-0.2, -0.15) is 5.10 Å². The van der Waals surface area contributed by atoms with Crippen molar-refractivity contribution in [2.24, 2.45) is 5.10 Å². The normalized spacial score (nSPS) is 16.5. The molecule has 0 saturated heterocycles. The van der Waals surface area contributed by atoms with E-state index in [0.717, 1.165) is 25.7 Å². The van der Waals surface area contributed by atoms with Gasteiger partial charge in [0.05, 0.1) is 5.71 Å². The number of hydrogen-bond donors (Lipinski definition) is 4. The van der Waals surface area contributed by atoms with Crippen LogP contribution in [0.2, 0.25) is 0 Å². The van der Waals surface area contributed by atoms with Crippen molar-refractivity contribution in [3.8, 4) is 11.5 Å². The Bertz CT molecular complexity index is 537. The monoisotopic (exact) mass is 291 g/mol. The van der Waals surface area contributed by atoms with Crippen molar-refractivity contribution in [3.63, 3.8) is 0 Å². The number of hydrazone groups is 1. The second-order valence-corrected chi connectivity index (χ2v) is 5.32. The predicted octanol–water partition coefficient (Wildman–Crippen LogP) is 2.45. The van der Waals surface area contributed by atoms with Gasteiger partial charge in [0.15, 0.2) is 0 Å². The van der Waals surface area contributed by atoms with Crippen LogP contribution >= 0.6 is 0 Å². The third kappa shape index (κ3) is 4.37. The zero-order valence-electron chi connectivity index (χ0n) is 12.1. The number of nitrogens with one attached hydrogen (secondary N) is 2. The van der Waals surface area contributed by atoms with E-state index >= 15 is 0 Å². The summed E-state index contributed by atoms with van der Waals surface area (Å²) in [7, 11) is 0. The molecule has 0 bridgehead atoms. The van der Waals surface area contributed by atoms with Crippen LogP contribution in [0.3, 0.4) is 0 Å². The molecule has 0 aromatic heterocycles. The lowest BCUT2D eigenvalue weighted by molar-refractivity contribution is 0.233. The van der Waals surface area contributed by atoms with Gasteiger partial charge in [-0.15, -0.1) is 0 Å². The number of aromatic hydroxyl groups is 2. The van der Waals surface area contributed by atoms with Crippen molar-refractivity contribution in [3.05, 3.63) is 23.8 Å². The topological polar surface area (TPSA) is 94.0 Å². The molecular formula is C15H21N3O3. The van der Waals surface area contributed by atoms with Gasteiger partial charge in [0.1, 0.15) is 11.5 Å². The van der Waals surface area contributed by atoms with Crippen LogP contribution in [0, 0.1) is 0 Å². The number of phenols is 2. The summed E-state index contributed by atoms with van der Waals surface area (Å²) in [5.41, 5.74) is 3.36. The maximum atomic E-state index is 11.8. The molecule has 0 atom stereocenters. The first kappa shape index (κ1) is 15.2. The van der Waals surface area contributed by atoms with E-state index in [9.17, 15) is 15.0 Å². The van der Waals surface area contributed by atoms with Crippen LogP contribution in [0.15, 0.2) is 23.3 Å². The van der Waals surface area contributed by atoms with E-state index in [4.69, 9.17) is 0 Å². The number of benzene rings is 1. The van der Waals surface area contributed by atoms with Gasteiger partial charge in [0.25, 0.3) is 0 Å². The van der Waals surface area contributed by atoms with Crippen LogP contribution < -0.4 is 10.7 Å². The standard InChI is InChI=1S/C15H21N3O3/c1-10(13-8-7-12(19)9-14(13)20)17-18-15(21)16-11-5-3-2-4-6-11/h7-9,11,19-20H,2-6H2,1H3,(H2,16,18,21)/b17-10+. The van der Waals surface area contributed by atoms with E-state index in [-0.39, 0.29) is 23.6 Å². The quantitative estimate of drug-likeness (QED) is 0.509. The van der Waals surface area contributed by atoms with E-state index < -0.39 is 0 Å². The van der Waals surface area contributed by atoms with Gasteiger partial charge in [0, 0.05) is 17.7 Å². The van der Waals surface area contributed by atoms with E-state index in [1.807, 2.05) is 0 Å². The van der Waals surface area contributed by atoms with Gasteiger partial charge in [-0.05, 0) is 31.9 Å². The highest BCUT2D eigenvalue weighted by molar-refractivity contribution is 6.01. The Labute approximate surface area is 123 Å². The first-order chi connectivity index (χ1) is 10.1. The first-order valence-corrected chi connectivity index (χ1v) is 7.19. The SMILES string of the molecule is C/C(=N\NC(=O)NC1CCCCC1)c1ccc(O)cc1O. The van der Waals surface area contributed by atoms with Crippen LogP contribution in [0.4, 0.5) is 4.79 Å². The maximum absolute atomic E-state index is 11.8. The Morgan fingerprint density at radius 3 is 2.62 bits per heavy atom. The van der Waals surface area contributed by atoms with Crippen LogP contribution in [0.1, 0.15) is 44.6 Å². The molecule has 21 heavy (non-hydrogen) atoms. The van der Waals surface area contributed by atoms with Crippen molar-refractivity contribution in [1.82, 2.24) is 10.7 Å². The minimum absolute atomic E-state index is 0.0212. The number of rotatable bonds is 3. The van der Waals surface area contributed by atoms with Crippen LogP contribution in [-0.4, -0.2) is 28.0 Å². The third-order valence-corrected chi connectivity index (χ3v) is 3.64. The third-order valence-electron chi connectivity index (χ3n) is 3.64. The lowest BCUT2D eigenvalue weighted by Gasteiger charge is -2.22. The summed E-state index contributed by atoms with van der Waals surface area (Å²) in [6, 6.07) is 4.12. The minimum Gasteiger partial charge on any atom is -0.508 e. The Hall–Kier alpha value is -2.24. The Morgan fingerprint density at radius 1 is 1.24 bits per heavy atom. The number of urea groups is 1. The summed E-state index contributed by atoms with van der Waals surface area (Å²) in [6.45, 7) is 1.67. The van der Waals surface area contributed by atoms with Gasteiger partial charge >= 0.3 is 6.03 Å².